The summed E-state index contributed by atoms with van der Waals surface area (Å²) < 4.78 is 7.25. The fraction of sp³-hybridized carbons (Fsp3) is 0.733. The van der Waals surface area contributed by atoms with Gasteiger partial charge in [0.1, 0.15) is 5.69 Å². The molecule has 1 amide bonds. The number of aryl methyl sites for hydroxylation is 2. The molecule has 21 heavy (non-hydrogen) atoms. The van der Waals surface area contributed by atoms with Crippen molar-refractivity contribution in [1.82, 2.24) is 15.1 Å². The number of nitrogen functional groups attached to an aromatic ring is 1. The maximum absolute atomic E-state index is 12.5. The van der Waals surface area contributed by atoms with Crippen LogP contribution in [0.3, 0.4) is 0 Å². The lowest BCUT2D eigenvalue weighted by Gasteiger charge is -2.51. The van der Waals surface area contributed by atoms with Gasteiger partial charge >= 0.3 is 0 Å². The van der Waals surface area contributed by atoms with E-state index in [1.54, 1.807) is 11.7 Å². The van der Waals surface area contributed by atoms with Crippen molar-refractivity contribution in [3.63, 3.8) is 0 Å². The highest BCUT2D eigenvalue weighted by Gasteiger charge is 2.49. The minimum absolute atomic E-state index is 0.0629. The van der Waals surface area contributed by atoms with Gasteiger partial charge in [0.15, 0.2) is 0 Å². The van der Waals surface area contributed by atoms with Crippen molar-refractivity contribution in [2.45, 2.75) is 52.7 Å². The monoisotopic (exact) mass is 294 g/mol. The van der Waals surface area contributed by atoms with E-state index in [2.05, 4.69) is 24.3 Å². The number of amides is 1. The van der Waals surface area contributed by atoms with E-state index in [0.717, 1.165) is 12.1 Å². The lowest BCUT2D eigenvalue weighted by molar-refractivity contribution is -0.111. The van der Waals surface area contributed by atoms with Gasteiger partial charge in [-0.2, -0.15) is 5.10 Å². The zero-order valence-corrected chi connectivity index (χ0v) is 13.6. The molecule has 118 valence electrons. The molecule has 2 unspecified atom stereocenters. The van der Waals surface area contributed by atoms with E-state index in [4.69, 9.17) is 10.5 Å². The number of hydrogen-bond donors (Lipinski definition) is 2. The Morgan fingerprint density at radius 1 is 1.52 bits per heavy atom. The Morgan fingerprint density at radius 2 is 2.19 bits per heavy atom. The first kappa shape index (κ1) is 15.8. The van der Waals surface area contributed by atoms with E-state index in [-0.39, 0.29) is 23.5 Å². The summed E-state index contributed by atoms with van der Waals surface area (Å²) in [5.41, 5.74) is 7.66. The van der Waals surface area contributed by atoms with E-state index < -0.39 is 0 Å². The van der Waals surface area contributed by atoms with Crippen LogP contribution in [-0.4, -0.2) is 34.4 Å². The molecule has 6 nitrogen and oxygen atoms in total. The van der Waals surface area contributed by atoms with Crippen molar-refractivity contribution in [2.75, 3.05) is 12.3 Å². The number of anilines is 1. The molecule has 1 aliphatic rings. The molecule has 0 saturated heterocycles. The molecule has 1 aromatic rings. The molecule has 1 fully saturated rings. The van der Waals surface area contributed by atoms with Crippen LogP contribution in [0.25, 0.3) is 0 Å². The summed E-state index contributed by atoms with van der Waals surface area (Å²) in [7, 11) is 1.75. The molecule has 2 rings (SSSR count). The summed E-state index contributed by atoms with van der Waals surface area (Å²) in [5, 5.41) is 7.36. The van der Waals surface area contributed by atoms with Crippen LogP contribution in [0.4, 0.5) is 5.69 Å². The zero-order valence-electron chi connectivity index (χ0n) is 13.6. The summed E-state index contributed by atoms with van der Waals surface area (Å²) in [6, 6.07) is 0.0981. The van der Waals surface area contributed by atoms with Gasteiger partial charge in [-0.15, -0.1) is 0 Å². The van der Waals surface area contributed by atoms with Gasteiger partial charge in [-0.1, -0.05) is 20.8 Å². The summed E-state index contributed by atoms with van der Waals surface area (Å²) in [6.07, 6.45) is 1.75. The molecule has 1 aromatic heterocycles. The highest BCUT2D eigenvalue weighted by Crippen LogP contribution is 2.42. The molecule has 2 atom stereocenters. The number of rotatable bonds is 5. The average Bonchev–Trinajstić information content (AvgIpc) is 2.72. The van der Waals surface area contributed by atoms with Crippen molar-refractivity contribution in [1.29, 1.82) is 0 Å². The second-order valence-electron chi connectivity index (χ2n) is 6.21. The van der Waals surface area contributed by atoms with Crippen LogP contribution in [0.1, 0.15) is 50.3 Å². The molecule has 1 aliphatic carbocycles. The van der Waals surface area contributed by atoms with Gasteiger partial charge in [0.05, 0.1) is 17.5 Å². The zero-order chi connectivity index (χ0) is 15.8. The average molecular weight is 294 g/mol. The number of carbonyl (C=O) groups is 1. The third-order valence-corrected chi connectivity index (χ3v) is 4.56. The molecule has 3 N–H and O–H groups in total. The van der Waals surface area contributed by atoms with Gasteiger partial charge in [0.25, 0.3) is 5.91 Å². The first-order valence-electron chi connectivity index (χ1n) is 7.56. The number of nitrogens with one attached hydrogen (secondary N) is 1. The Balaban J connectivity index is 2.08. The molecular formula is C15H26N4O2. The minimum atomic E-state index is -0.157. The van der Waals surface area contributed by atoms with Gasteiger partial charge in [0, 0.05) is 25.1 Å². The second kappa shape index (κ2) is 5.67. The van der Waals surface area contributed by atoms with E-state index >= 15 is 0 Å². The van der Waals surface area contributed by atoms with Crippen molar-refractivity contribution < 1.29 is 9.53 Å². The van der Waals surface area contributed by atoms with Crippen molar-refractivity contribution in [2.24, 2.45) is 12.5 Å². The quantitative estimate of drug-likeness (QED) is 0.862. The molecule has 6 heteroatoms. The Morgan fingerprint density at radius 3 is 2.67 bits per heavy atom. The highest BCUT2D eigenvalue weighted by atomic mass is 16.5. The van der Waals surface area contributed by atoms with Gasteiger partial charge in [-0.05, 0) is 19.8 Å². The smallest absolute Gasteiger partial charge is 0.271 e. The summed E-state index contributed by atoms with van der Waals surface area (Å²) >= 11 is 0. The molecule has 1 heterocycles. The number of nitrogens with two attached hydrogens (primary N) is 1. The summed E-state index contributed by atoms with van der Waals surface area (Å²) in [6.45, 7) is 8.90. The van der Waals surface area contributed by atoms with Crippen molar-refractivity contribution >= 4 is 11.6 Å². The molecular weight excluding hydrogens is 268 g/mol. The Labute approximate surface area is 126 Å². The van der Waals surface area contributed by atoms with Crippen LogP contribution in [0.2, 0.25) is 0 Å². The Hall–Kier alpha value is -1.56. The normalized spacial score (nSPS) is 23.7. The highest BCUT2D eigenvalue weighted by molar-refractivity contribution is 5.98. The van der Waals surface area contributed by atoms with Crippen LogP contribution in [0.15, 0.2) is 0 Å². The first-order valence-corrected chi connectivity index (χ1v) is 7.56. The molecule has 1 saturated carbocycles. The Bertz CT molecular complexity index is 536. The number of ether oxygens (including phenoxy) is 1. The lowest BCUT2D eigenvalue weighted by Crippen LogP contribution is -2.62. The molecule has 0 aromatic carbocycles. The fourth-order valence-corrected chi connectivity index (χ4v) is 2.97. The summed E-state index contributed by atoms with van der Waals surface area (Å²) in [4.78, 5) is 12.5. The van der Waals surface area contributed by atoms with Crippen LogP contribution < -0.4 is 11.1 Å². The van der Waals surface area contributed by atoms with Crippen LogP contribution in [0, 0.1) is 5.41 Å². The maximum Gasteiger partial charge on any atom is 0.271 e. The standard InChI is InChI=1S/C15H26N4O2/c1-6-9-12(16)13(19(5)18-9)14(20)17-10-8-11(21-7-2)15(10,3)4/h10-11H,6-8,16H2,1-5H3,(H,17,20). The molecule has 0 spiro atoms. The van der Waals surface area contributed by atoms with Gasteiger partial charge in [0.2, 0.25) is 0 Å². The van der Waals surface area contributed by atoms with Crippen LogP contribution >= 0.6 is 0 Å². The van der Waals surface area contributed by atoms with Crippen LogP contribution in [-0.2, 0) is 18.2 Å². The second-order valence-corrected chi connectivity index (χ2v) is 6.21. The van der Waals surface area contributed by atoms with Gasteiger partial charge in [-0.3, -0.25) is 9.48 Å². The number of carbonyl (C=O) groups excluding carboxylic acids is 1. The van der Waals surface area contributed by atoms with Gasteiger partial charge in [-0.25, -0.2) is 0 Å². The fourth-order valence-electron chi connectivity index (χ4n) is 2.97. The van der Waals surface area contributed by atoms with Gasteiger partial charge < -0.3 is 15.8 Å². The van der Waals surface area contributed by atoms with E-state index in [1.807, 2.05) is 13.8 Å². The predicted octanol–water partition coefficient (Wildman–Crippen LogP) is 1.50. The topological polar surface area (TPSA) is 82.2 Å². The van der Waals surface area contributed by atoms with E-state index in [0.29, 0.717) is 24.4 Å². The largest absolute Gasteiger partial charge is 0.395 e. The molecule has 0 aliphatic heterocycles. The lowest BCUT2D eigenvalue weighted by atomic mass is 9.64. The molecule has 0 radical (unpaired) electrons. The van der Waals surface area contributed by atoms with Crippen molar-refractivity contribution in [3.8, 4) is 0 Å². The number of nitrogens with zero attached hydrogens (tertiary/aromatic N) is 2. The van der Waals surface area contributed by atoms with E-state index in [9.17, 15) is 4.79 Å². The predicted molar refractivity (Wildman–Crippen MR) is 82.1 cm³/mol. The molecule has 0 bridgehead atoms. The minimum Gasteiger partial charge on any atom is -0.395 e. The third kappa shape index (κ3) is 2.64. The number of aromatic nitrogens is 2. The SMILES string of the molecule is CCOC1CC(NC(=O)c2c(N)c(CC)nn2C)C1(C)C. The van der Waals surface area contributed by atoms with E-state index in [1.165, 1.54) is 0 Å². The summed E-state index contributed by atoms with van der Waals surface area (Å²) in [5.74, 6) is -0.157. The number of hydrogen-bond acceptors (Lipinski definition) is 4. The third-order valence-electron chi connectivity index (χ3n) is 4.56. The van der Waals surface area contributed by atoms with Crippen molar-refractivity contribution in [3.05, 3.63) is 11.4 Å². The Kier molecular flexibility index (Phi) is 4.27. The maximum atomic E-state index is 12.5. The first-order chi connectivity index (χ1) is 9.82. The van der Waals surface area contributed by atoms with Crippen LogP contribution in [0.5, 0.6) is 0 Å².